The Balaban J connectivity index is 2.02. The van der Waals surface area contributed by atoms with Crippen LogP contribution in [0.15, 0.2) is 35.5 Å². The zero-order valence-corrected chi connectivity index (χ0v) is 20.7. The number of benzene rings is 1. The van der Waals surface area contributed by atoms with Crippen molar-refractivity contribution in [3.8, 4) is 0 Å². The second-order valence-corrected chi connectivity index (χ2v) is 8.39. The summed E-state index contributed by atoms with van der Waals surface area (Å²) in [7, 11) is 0. The molecule has 3 rings (SSSR count). The van der Waals surface area contributed by atoms with Crippen LogP contribution in [0.25, 0.3) is 0 Å². The number of amides is 4. The molecule has 2 aliphatic rings. The molecule has 0 saturated carbocycles. The highest BCUT2D eigenvalue weighted by Gasteiger charge is 2.43. The number of nitrogens with zero attached hydrogens (tertiary/aromatic N) is 3. The molecule has 9 nitrogen and oxygen atoms in total. The fourth-order valence-electron chi connectivity index (χ4n) is 4.48. The van der Waals surface area contributed by atoms with Gasteiger partial charge in [0, 0.05) is 51.5 Å². The van der Waals surface area contributed by atoms with Gasteiger partial charge in [-0.2, -0.15) is 13.2 Å². The largest absolute Gasteiger partial charge is 0.463 e. The van der Waals surface area contributed by atoms with E-state index >= 15 is 0 Å². The van der Waals surface area contributed by atoms with Crippen LogP contribution < -0.4 is 10.6 Å². The number of ether oxygens (including phenoxy) is 1. The van der Waals surface area contributed by atoms with Crippen LogP contribution >= 0.6 is 0 Å². The molecule has 198 valence electrons. The highest BCUT2D eigenvalue weighted by atomic mass is 19.4. The Morgan fingerprint density at radius 1 is 1.11 bits per heavy atom. The number of nitrogens with one attached hydrogen (secondary N) is 2. The number of likely N-dealkylation sites (N-methyl/N-ethyl adjacent to an activating group) is 1. The maximum absolute atomic E-state index is 13.8. The first-order chi connectivity index (χ1) is 17.1. The third kappa shape index (κ3) is 5.92. The summed E-state index contributed by atoms with van der Waals surface area (Å²) in [4.78, 5) is 43.3. The molecule has 0 radical (unpaired) electrons. The number of piperazine rings is 1. The van der Waals surface area contributed by atoms with Crippen molar-refractivity contribution in [2.45, 2.75) is 33.0 Å². The number of hydrogen-bond donors (Lipinski definition) is 2. The summed E-state index contributed by atoms with van der Waals surface area (Å²) < 4.78 is 46.8. The van der Waals surface area contributed by atoms with E-state index in [0.29, 0.717) is 38.4 Å². The molecule has 12 heteroatoms. The molecule has 1 aromatic rings. The van der Waals surface area contributed by atoms with Gasteiger partial charge < -0.3 is 20.3 Å². The van der Waals surface area contributed by atoms with Crippen molar-refractivity contribution in [1.82, 2.24) is 25.3 Å². The van der Waals surface area contributed by atoms with Crippen LogP contribution in [-0.4, -0.2) is 85.2 Å². The van der Waals surface area contributed by atoms with Crippen molar-refractivity contribution < 1.29 is 32.3 Å². The third-order valence-corrected chi connectivity index (χ3v) is 6.19. The normalized spacial score (nSPS) is 19.3. The van der Waals surface area contributed by atoms with Gasteiger partial charge in [0.05, 0.1) is 23.8 Å². The summed E-state index contributed by atoms with van der Waals surface area (Å²) >= 11 is 0. The van der Waals surface area contributed by atoms with Crippen LogP contribution in [0.3, 0.4) is 0 Å². The first-order valence-electron chi connectivity index (χ1n) is 12.0. The lowest BCUT2D eigenvalue weighted by Gasteiger charge is -2.40. The number of esters is 1. The Bertz CT molecular complexity index is 1010. The Morgan fingerprint density at radius 2 is 1.78 bits per heavy atom. The lowest BCUT2D eigenvalue weighted by Crippen LogP contribution is -2.55. The van der Waals surface area contributed by atoms with E-state index in [1.54, 1.807) is 18.7 Å². The average Bonchev–Trinajstić information content (AvgIpc) is 2.84. The van der Waals surface area contributed by atoms with Crippen LogP contribution in [0.4, 0.5) is 22.8 Å². The Kier molecular flexibility index (Phi) is 8.83. The predicted octanol–water partition coefficient (Wildman–Crippen LogP) is 2.96. The van der Waals surface area contributed by atoms with E-state index in [4.69, 9.17) is 4.74 Å². The zero-order valence-electron chi connectivity index (χ0n) is 20.7. The number of carbonyl (C=O) groups excluding carboxylic acids is 3. The Morgan fingerprint density at radius 3 is 2.36 bits per heavy atom. The van der Waals surface area contributed by atoms with Crippen molar-refractivity contribution in [1.29, 1.82) is 0 Å². The molecule has 0 aliphatic carbocycles. The summed E-state index contributed by atoms with van der Waals surface area (Å²) in [6.45, 7) is 7.86. The second-order valence-electron chi connectivity index (χ2n) is 8.39. The monoisotopic (exact) mass is 511 g/mol. The predicted molar refractivity (Wildman–Crippen MR) is 126 cm³/mol. The van der Waals surface area contributed by atoms with Gasteiger partial charge in [0.25, 0.3) is 0 Å². The average molecular weight is 512 g/mol. The fraction of sp³-hybridized carbons (Fsp3) is 0.542. The molecule has 0 aromatic heterocycles. The van der Waals surface area contributed by atoms with Gasteiger partial charge in [0.15, 0.2) is 0 Å². The molecular formula is C24H32F3N5O4. The minimum absolute atomic E-state index is 0.0224. The van der Waals surface area contributed by atoms with Crippen LogP contribution in [0, 0.1) is 0 Å². The van der Waals surface area contributed by atoms with E-state index in [-0.39, 0.29) is 36.9 Å². The number of urea groups is 2. The van der Waals surface area contributed by atoms with Crippen LogP contribution in [0.1, 0.15) is 37.9 Å². The maximum Gasteiger partial charge on any atom is 0.416 e. The van der Waals surface area contributed by atoms with E-state index in [0.717, 1.165) is 6.07 Å². The molecule has 2 heterocycles. The topological polar surface area (TPSA) is 94.2 Å². The van der Waals surface area contributed by atoms with Crippen LogP contribution in [0.5, 0.6) is 0 Å². The SMILES string of the molecule is CCNC(=O)N1CCN(CC2=C(C(=O)OCC)[C@@H](c3ccccc3C(F)(F)F)NC(=O)N2CC)CC1. The highest BCUT2D eigenvalue weighted by Crippen LogP contribution is 2.39. The molecule has 1 fully saturated rings. The lowest BCUT2D eigenvalue weighted by atomic mass is 9.90. The Hall–Kier alpha value is -3.28. The third-order valence-electron chi connectivity index (χ3n) is 6.19. The van der Waals surface area contributed by atoms with E-state index in [9.17, 15) is 27.6 Å². The number of hydrogen-bond acceptors (Lipinski definition) is 5. The summed E-state index contributed by atoms with van der Waals surface area (Å²) in [5, 5.41) is 5.34. The van der Waals surface area contributed by atoms with E-state index in [1.165, 1.54) is 23.1 Å². The van der Waals surface area contributed by atoms with Crippen LogP contribution in [0.2, 0.25) is 0 Å². The summed E-state index contributed by atoms with van der Waals surface area (Å²) in [5.41, 5.74) is -0.887. The van der Waals surface area contributed by atoms with Gasteiger partial charge in [0.2, 0.25) is 0 Å². The highest BCUT2D eigenvalue weighted by molar-refractivity contribution is 5.95. The van der Waals surface area contributed by atoms with Crippen molar-refractivity contribution in [3.05, 3.63) is 46.7 Å². The van der Waals surface area contributed by atoms with E-state index < -0.39 is 29.8 Å². The summed E-state index contributed by atoms with van der Waals surface area (Å²) in [6.07, 6.45) is -4.68. The van der Waals surface area contributed by atoms with Crippen molar-refractivity contribution in [2.24, 2.45) is 0 Å². The molecule has 1 aromatic carbocycles. The van der Waals surface area contributed by atoms with E-state index in [1.807, 2.05) is 11.8 Å². The molecule has 1 atom stereocenters. The molecule has 2 N–H and O–H groups in total. The summed E-state index contributed by atoms with van der Waals surface area (Å²) in [5.74, 6) is -0.783. The smallest absolute Gasteiger partial charge is 0.416 e. The lowest BCUT2D eigenvalue weighted by molar-refractivity contribution is -0.141. The zero-order chi connectivity index (χ0) is 26.5. The first-order valence-corrected chi connectivity index (χ1v) is 12.0. The minimum atomic E-state index is -4.68. The minimum Gasteiger partial charge on any atom is -0.463 e. The number of halogens is 3. The van der Waals surface area contributed by atoms with E-state index in [2.05, 4.69) is 10.6 Å². The van der Waals surface area contributed by atoms with Crippen molar-refractivity contribution in [2.75, 3.05) is 52.4 Å². The second kappa shape index (κ2) is 11.6. The van der Waals surface area contributed by atoms with Crippen molar-refractivity contribution >= 4 is 18.0 Å². The molecule has 0 unspecified atom stereocenters. The Labute approximate surface area is 208 Å². The summed E-state index contributed by atoms with van der Waals surface area (Å²) in [6, 6.07) is 2.80. The molecule has 0 spiro atoms. The van der Waals surface area contributed by atoms with Gasteiger partial charge in [0.1, 0.15) is 0 Å². The fourth-order valence-corrected chi connectivity index (χ4v) is 4.48. The van der Waals surface area contributed by atoms with Crippen LogP contribution in [-0.2, 0) is 15.7 Å². The molecule has 1 saturated heterocycles. The van der Waals surface area contributed by atoms with Gasteiger partial charge in [-0.3, -0.25) is 9.80 Å². The number of rotatable bonds is 7. The standard InChI is InChI=1S/C24H32F3N5O4/c1-4-28-22(34)31-13-11-30(12-14-31)15-18-19(21(33)36-6-3)20(29-23(35)32(18)5-2)16-9-7-8-10-17(16)24(25,26)27/h7-10,20H,4-6,11-15H2,1-3H3,(H,28,34)(H,29,35)/t20-/m1/s1. The first kappa shape index (κ1) is 27.3. The maximum atomic E-state index is 13.8. The molecule has 2 aliphatic heterocycles. The quantitative estimate of drug-likeness (QED) is 0.549. The molecule has 36 heavy (non-hydrogen) atoms. The van der Waals surface area contributed by atoms with Crippen molar-refractivity contribution in [3.63, 3.8) is 0 Å². The van der Waals surface area contributed by atoms with Gasteiger partial charge >= 0.3 is 24.2 Å². The van der Waals surface area contributed by atoms with Gasteiger partial charge in [-0.1, -0.05) is 18.2 Å². The molecular weight excluding hydrogens is 479 g/mol. The van der Waals surface area contributed by atoms with Gasteiger partial charge in [-0.25, -0.2) is 14.4 Å². The van der Waals surface area contributed by atoms with Gasteiger partial charge in [-0.05, 0) is 32.4 Å². The van der Waals surface area contributed by atoms with Gasteiger partial charge in [-0.15, -0.1) is 0 Å². The number of alkyl halides is 3. The molecule has 0 bridgehead atoms. The molecule has 4 amide bonds. The number of carbonyl (C=O) groups is 3.